The maximum atomic E-state index is 13.6. The van der Waals surface area contributed by atoms with E-state index in [2.05, 4.69) is 25.5 Å². The number of hydrogen-bond acceptors (Lipinski definition) is 6. The maximum absolute atomic E-state index is 13.6. The molecule has 3 heterocycles. The Bertz CT molecular complexity index is 1480. The fourth-order valence-corrected chi connectivity index (χ4v) is 5.41. The third-order valence-corrected chi connectivity index (χ3v) is 8.01. The smallest absolute Gasteiger partial charge is 0.338 e. The van der Waals surface area contributed by atoms with Crippen LogP contribution in [-0.2, 0) is 23.8 Å². The van der Waals surface area contributed by atoms with E-state index >= 15 is 0 Å². The summed E-state index contributed by atoms with van der Waals surface area (Å²) < 4.78 is 40.9. The Morgan fingerprint density at radius 2 is 1.83 bits per heavy atom. The minimum Gasteiger partial charge on any atom is -0.338 e. The van der Waals surface area contributed by atoms with Crippen LogP contribution in [0.4, 0.5) is 18.9 Å². The highest BCUT2D eigenvalue weighted by Crippen LogP contribution is 2.36. The summed E-state index contributed by atoms with van der Waals surface area (Å²) in [6, 6.07) is 4.44. The zero-order chi connectivity index (χ0) is 30.0. The van der Waals surface area contributed by atoms with Gasteiger partial charge in [-0.1, -0.05) is 30.9 Å². The number of alkyl halides is 3. The number of carbonyl (C=O) groups is 3. The predicted molar refractivity (Wildman–Crippen MR) is 147 cm³/mol. The van der Waals surface area contributed by atoms with Crippen molar-refractivity contribution in [2.45, 2.75) is 38.3 Å². The first kappa shape index (κ1) is 29.6. The molecule has 0 bridgehead atoms. The van der Waals surface area contributed by atoms with Gasteiger partial charge in [0.1, 0.15) is 0 Å². The molecule has 1 aromatic carbocycles. The number of nitrogens with zero attached hydrogens (tertiary/aromatic N) is 4. The highest BCUT2D eigenvalue weighted by molar-refractivity contribution is 6.34. The van der Waals surface area contributed by atoms with Crippen molar-refractivity contribution in [1.82, 2.24) is 30.0 Å². The predicted octanol–water partition coefficient (Wildman–Crippen LogP) is 3.23. The molecule has 0 unspecified atom stereocenters. The lowest BCUT2D eigenvalue weighted by atomic mass is 9.81. The van der Waals surface area contributed by atoms with E-state index in [0.29, 0.717) is 55.6 Å². The summed E-state index contributed by atoms with van der Waals surface area (Å²) in [6.07, 6.45) is 0.0940. The van der Waals surface area contributed by atoms with Gasteiger partial charge < -0.3 is 25.8 Å². The molecule has 0 spiro atoms. The number of carbonyl (C=O) groups excluding carboxylic acids is 3. The van der Waals surface area contributed by atoms with Crippen molar-refractivity contribution < 1.29 is 27.6 Å². The Hall–Kier alpha value is -3.91. The standard InChI is InChI=1S/C27H30ClF3N8O3/c28-20-12-16(4-5-18(20)26(42)39-8-6-38(7-9-39)22(40)13-32)35-25(41)24-33-14-17(34-24)11-19-21(10-15-2-1-3-15)36-37-23(19)27(29,30)31/h4-5,12,14-15H,1-3,6-11,13,32H2,(H,33,34)(H,35,41)(H,36,37). The minimum absolute atomic E-state index is 0.0458. The van der Waals surface area contributed by atoms with Gasteiger partial charge in [-0.2, -0.15) is 18.3 Å². The number of benzene rings is 1. The molecule has 5 rings (SSSR count). The van der Waals surface area contributed by atoms with E-state index in [1.54, 1.807) is 9.80 Å². The van der Waals surface area contributed by atoms with E-state index in [4.69, 9.17) is 17.3 Å². The number of imidazole rings is 1. The van der Waals surface area contributed by atoms with E-state index in [-0.39, 0.29) is 46.8 Å². The number of H-pyrrole nitrogens is 2. The molecule has 1 aliphatic heterocycles. The molecule has 2 aromatic heterocycles. The summed E-state index contributed by atoms with van der Waals surface area (Å²) in [5, 5.41) is 8.86. The van der Waals surface area contributed by atoms with Crippen molar-refractivity contribution in [2.75, 3.05) is 38.0 Å². The number of amides is 3. The molecule has 2 fully saturated rings. The Labute approximate surface area is 244 Å². The van der Waals surface area contributed by atoms with Gasteiger partial charge in [-0.3, -0.25) is 19.5 Å². The van der Waals surface area contributed by atoms with Gasteiger partial charge in [-0.25, -0.2) is 4.98 Å². The minimum atomic E-state index is -4.62. The number of halogens is 4. The van der Waals surface area contributed by atoms with Gasteiger partial charge in [-0.05, 0) is 30.5 Å². The molecule has 0 radical (unpaired) electrons. The van der Waals surface area contributed by atoms with Crippen LogP contribution in [0.15, 0.2) is 24.4 Å². The average Bonchev–Trinajstić information content (AvgIpc) is 3.57. The lowest BCUT2D eigenvalue weighted by Crippen LogP contribution is -2.51. The number of rotatable bonds is 8. The number of nitrogens with two attached hydrogens (primary N) is 1. The first-order chi connectivity index (χ1) is 20.0. The second kappa shape index (κ2) is 12.1. The summed E-state index contributed by atoms with van der Waals surface area (Å²) in [5.41, 5.74) is 5.80. The molecule has 3 aromatic rings. The average molecular weight is 607 g/mol. The van der Waals surface area contributed by atoms with Gasteiger partial charge in [0.15, 0.2) is 11.5 Å². The number of nitrogens with one attached hydrogen (secondary N) is 3. The number of aromatic amines is 2. The topological polar surface area (TPSA) is 153 Å². The molecular weight excluding hydrogens is 577 g/mol. The van der Waals surface area contributed by atoms with Crippen molar-refractivity contribution >= 4 is 35.0 Å². The molecule has 3 amide bonds. The summed E-state index contributed by atoms with van der Waals surface area (Å²) in [7, 11) is 0. The molecule has 5 N–H and O–H groups in total. The van der Waals surface area contributed by atoms with E-state index in [9.17, 15) is 27.6 Å². The normalized spacial score (nSPS) is 15.9. The van der Waals surface area contributed by atoms with Crippen LogP contribution in [-0.4, -0.2) is 80.4 Å². The molecule has 15 heteroatoms. The van der Waals surface area contributed by atoms with Crippen LogP contribution in [0.3, 0.4) is 0 Å². The van der Waals surface area contributed by atoms with Crippen molar-refractivity contribution in [3.05, 3.63) is 63.5 Å². The number of anilines is 1. The third kappa shape index (κ3) is 6.44. The van der Waals surface area contributed by atoms with Gasteiger partial charge in [0.05, 0.1) is 17.1 Å². The molecule has 11 nitrogen and oxygen atoms in total. The number of hydrogen-bond donors (Lipinski definition) is 4. The second-order valence-corrected chi connectivity index (χ2v) is 10.9. The Balaban J connectivity index is 1.23. The first-order valence-corrected chi connectivity index (χ1v) is 14.0. The summed E-state index contributed by atoms with van der Waals surface area (Å²) in [6.45, 7) is 1.34. The number of piperazine rings is 1. The fourth-order valence-electron chi connectivity index (χ4n) is 5.15. The summed E-state index contributed by atoms with van der Waals surface area (Å²) in [5.74, 6) is -0.870. The second-order valence-electron chi connectivity index (χ2n) is 10.5. The van der Waals surface area contributed by atoms with Crippen molar-refractivity contribution in [3.8, 4) is 0 Å². The molecule has 2 aliphatic rings. The quantitative estimate of drug-likeness (QED) is 0.309. The van der Waals surface area contributed by atoms with Crippen molar-refractivity contribution in [2.24, 2.45) is 11.7 Å². The monoisotopic (exact) mass is 606 g/mol. The zero-order valence-corrected chi connectivity index (χ0v) is 23.3. The maximum Gasteiger partial charge on any atom is 0.435 e. The van der Waals surface area contributed by atoms with Gasteiger partial charge in [0.25, 0.3) is 11.8 Å². The highest BCUT2D eigenvalue weighted by Gasteiger charge is 2.38. The molecule has 1 aliphatic carbocycles. The van der Waals surface area contributed by atoms with Gasteiger partial charge in [-0.15, -0.1) is 0 Å². The first-order valence-electron chi connectivity index (χ1n) is 13.6. The van der Waals surface area contributed by atoms with Gasteiger partial charge in [0.2, 0.25) is 5.91 Å². The molecule has 42 heavy (non-hydrogen) atoms. The fraction of sp³-hybridized carbons (Fsp3) is 0.444. The highest BCUT2D eigenvalue weighted by atomic mass is 35.5. The van der Waals surface area contributed by atoms with Crippen LogP contribution < -0.4 is 11.1 Å². The van der Waals surface area contributed by atoms with Crippen LogP contribution >= 0.6 is 11.6 Å². The van der Waals surface area contributed by atoms with E-state index in [1.165, 1.54) is 24.4 Å². The number of aromatic nitrogens is 4. The van der Waals surface area contributed by atoms with Crippen LogP contribution in [0, 0.1) is 5.92 Å². The Morgan fingerprint density at radius 1 is 1.12 bits per heavy atom. The molecule has 1 saturated heterocycles. The molecule has 224 valence electrons. The van der Waals surface area contributed by atoms with Crippen LogP contribution in [0.2, 0.25) is 5.02 Å². The largest absolute Gasteiger partial charge is 0.435 e. The molecule has 1 saturated carbocycles. The lowest BCUT2D eigenvalue weighted by Gasteiger charge is -2.34. The van der Waals surface area contributed by atoms with Crippen molar-refractivity contribution in [1.29, 1.82) is 0 Å². The Kier molecular flexibility index (Phi) is 8.55. The summed E-state index contributed by atoms with van der Waals surface area (Å²) in [4.78, 5) is 47.6. The molecule has 0 atom stereocenters. The third-order valence-electron chi connectivity index (χ3n) is 7.70. The SMILES string of the molecule is NCC(=O)N1CCN(C(=O)c2ccc(NC(=O)c3ncc(Cc4c(C(F)(F)F)n[nH]c4CC4CCC4)[nH]3)cc2Cl)CC1. The van der Waals surface area contributed by atoms with Crippen molar-refractivity contribution in [3.63, 3.8) is 0 Å². The lowest BCUT2D eigenvalue weighted by molar-refractivity contribution is -0.141. The van der Waals surface area contributed by atoms with E-state index in [1.807, 2.05) is 0 Å². The van der Waals surface area contributed by atoms with E-state index < -0.39 is 17.8 Å². The van der Waals surface area contributed by atoms with Gasteiger partial charge in [0, 0.05) is 61.4 Å². The zero-order valence-electron chi connectivity index (χ0n) is 22.6. The van der Waals surface area contributed by atoms with E-state index in [0.717, 1.165) is 19.3 Å². The summed E-state index contributed by atoms with van der Waals surface area (Å²) >= 11 is 6.37. The van der Waals surface area contributed by atoms with Crippen LogP contribution in [0.5, 0.6) is 0 Å². The van der Waals surface area contributed by atoms with Crippen LogP contribution in [0.1, 0.15) is 62.9 Å². The van der Waals surface area contributed by atoms with Crippen LogP contribution in [0.25, 0.3) is 0 Å². The molecular formula is C27H30ClF3N8O3. The van der Waals surface area contributed by atoms with Gasteiger partial charge >= 0.3 is 6.18 Å². The Morgan fingerprint density at radius 3 is 2.45 bits per heavy atom.